The summed E-state index contributed by atoms with van der Waals surface area (Å²) in [6.45, 7) is 6.11. The number of nitrogens with two attached hydrogens (primary N) is 1. The van der Waals surface area contributed by atoms with Crippen molar-refractivity contribution in [2.45, 2.75) is 24.8 Å². The van der Waals surface area contributed by atoms with E-state index in [1.807, 2.05) is 0 Å². The van der Waals surface area contributed by atoms with Gasteiger partial charge in [-0.3, -0.25) is 0 Å². The normalized spacial score (nSPS) is 29.1. The molecular formula is C10H21N3. The number of likely N-dealkylation sites (N-methyl/N-ethyl adjacent to an activating group) is 1. The molecule has 1 saturated heterocycles. The smallest absolute Gasteiger partial charge is 0.0167 e. The Hall–Kier alpha value is -0.120. The topological polar surface area (TPSA) is 32.5 Å². The highest BCUT2D eigenvalue weighted by atomic mass is 15.2. The summed E-state index contributed by atoms with van der Waals surface area (Å²) in [5.41, 5.74) is 6.29. The molecule has 3 nitrogen and oxygen atoms in total. The fourth-order valence-corrected chi connectivity index (χ4v) is 1.86. The molecule has 0 bridgehead atoms. The summed E-state index contributed by atoms with van der Waals surface area (Å²) in [5, 5.41) is 0. The van der Waals surface area contributed by atoms with Crippen LogP contribution in [-0.4, -0.2) is 55.1 Å². The molecule has 0 aromatic carbocycles. The minimum Gasteiger partial charge on any atom is -0.325 e. The van der Waals surface area contributed by atoms with Crippen molar-refractivity contribution in [1.82, 2.24) is 9.80 Å². The average Bonchev–Trinajstić information content (AvgIpc) is 2.84. The van der Waals surface area contributed by atoms with E-state index in [0.29, 0.717) is 0 Å². The van der Waals surface area contributed by atoms with E-state index in [9.17, 15) is 0 Å². The number of hydrogen-bond donors (Lipinski definition) is 1. The first-order valence-electron chi connectivity index (χ1n) is 5.38. The molecule has 2 aliphatic rings. The molecule has 0 atom stereocenters. The van der Waals surface area contributed by atoms with Gasteiger partial charge in [0.2, 0.25) is 0 Å². The molecule has 1 aliphatic heterocycles. The zero-order valence-electron chi connectivity index (χ0n) is 8.63. The molecule has 1 aliphatic carbocycles. The van der Waals surface area contributed by atoms with Crippen LogP contribution in [-0.2, 0) is 0 Å². The largest absolute Gasteiger partial charge is 0.325 e. The highest BCUT2D eigenvalue weighted by Gasteiger charge is 2.37. The van der Waals surface area contributed by atoms with Gasteiger partial charge in [-0.1, -0.05) is 0 Å². The Kier molecular flexibility index (Phi) is 2.58. The van der Waals surface area contributed by atoms with Crippen molar-refractivity contribution in [3.63, 3.8) is 0 Å². The molecule has 2 N–H and O–H groups in total. The molecule has 1 heterocycles. The van der Waals surface area contributed by atoms with Gasteiger partial charge in [0.15, 0.2) is 0 Å². The van der Waals surface area contributed by atoms with Crippen LogP contribution in [0.15, 0.2) is 0 Å². The Bertz CT molecular complexity index is 169. The fourth-order valence-electron chi connectivity index (χ4n) is 1.86. The second kappa shape index (κ2) is 3.56. The van der Waals surface area contributed by atoms with Crippen molar-refractivity contribution in [1.29, 1.82) is 0 Å². The summed E-state index contributed by atoms with van der Waals surface area (Å²) in [6.07, 6.45) is 3.71. The number of nitrogens with zero attached hydrogens (tertiary/aromatic N) is 2. The SMILES string of the molecule is CN1CCN(CCC2(N)CC2)CC1. The third-order valence-electron chi connectivity index (χ3n) is 3.41. The third kappa shape index (κ3) is 2.66. The molecule has 0 aromatic heterocycles. The predicted octanol–water partition coefficient (Wildman–Crippen LogP) is 0.115. The van der Waals surface area contributed by atoms with Gasteiger partial charge in [-0.2, -0.15) is 0 Å². The summed E-state index contributed by atoms with van der Waals surface area (Å²) in [4.78, 5) is 4.94. The summed E-state index contributed by atoms with van der Waals surface area (Å²) in [6, 6.07) is 0. The van der Waals surface area contributed by atoms with Crippen molar-refractivity contribution in [2.75, 3.05) is 39.8 Å². The molecule has 0 radical (unpaired) electrons. The zero-order chi connectivity index (χ0) is 9.31. The van der Waals surface area contributed by atoms with E-state index in [-0.39, 0.29) is 5.54 Å². The molecule has 1 saturated carbocycles. The van der Waals surface area contributed by atoms with Gasteiger partial charge in [0.05, 0.1) is 0 Å². The van der Waals surface area contributed by atoms with Crippen molar-refractivity contribution in [3.8, 4) is 0 Å². The average molecular weight is 183 g/mol. The van der Waals surface area contributed by atoms with E-state index in [4.69, 9.17) is 5.73 Å². The monoisotopic (exact) mass is 183 g/mol. The van der Waals surface area contributed by atoms with Crippen LogP contribution in [0.1, 0.15) is 19.3 Å². The van der Waals surface area contributed by atoms with Gasteiger partial charge in [0.1, 0.15) is 0 Å². The lowest BCUT2D eigenvalue weighted by molar-refractivity contribution is 0.149. The van der Waals surface area contributed by atoms with Gasteiger partial charge < -0.3 is 15.5 Å². The van der Waals surface area contributed by atoms with Crippen LogP contribution in [0, 0.1) is 0 Å². The molecule has 3 heteroatoms. The number of rotatable bonds is 3. The van der Waals surface area contributed by atoms with Crippen LogP contribution in [0.2, 0.25) is 0 Å². The maximum atomic E-state index is 6.05. The maximum absolute atomic E-state index is 6.05. The minimum absolute atomic E-state index is 0.239. The minimum atomic E-state index is 0.239. The molecule has 0 aromatic rings. The van der Waals surface area contributed by atoms with Crippen LogP contribution < -0.4 is 5.73 Å². The quantitative estimate of drug-likeness (QED) is 0.674. The highest BCUT2D eigenvalue weighted by molar-refractivity contribution is 4.99. The summed E-state index contributed by atoms with van der Waals surface area (Å²) in [7, 11) is 2.20. The van der Waals surface area contributed by atoms with Crippen LogP contribution in [0.25, 0.3) is 0 Å². The number of hydrogen-bond acceptors (Lipinski definition) is 3. The van der Waals surface area contributed by atoms with Crippen LogP contribution in [0.5, 0.6) is 0 Å². The standard InChI is InChI=1S/C10H21N3/c1-12-6-8-13(9-7-12)5-4-10(11)2-3-10/h2-9,11H2,1H3. The van der Waals surface area contributed by atoms with Gasteiger partial charge in [-0.25, -0.2) is 0 Å². The highest BCUT2D eigenvalue weighted by Crippen LogP contribution is 2.35. The van der Waals surface area contributed by atoms with E-state index in [2.05, 4.69) is 16.8 Å². The fraction of sp³-hybridized carbons (Fsp3) is 1.00. The van der Waals surface area contributed by atoms with Crippen molar-refractivity contribution < 1.29 is 0 Å². The first kappa shape index (κ1) is 9.44. The van der Waals surface area contributed by atoms with Crippen molar-refractivity contribution in [3.05, 3.63) is 0 Å². The Labute approximate surface area is 80.9 Å². The van der Waals surface area contributed by atoms with Gasteiger partial charge in [-0.05, 0) is 32.9 Å². The van der Waals surface area contributed by atoms with Crippen LogP contribution in [0.3, 0.4) is 0 Å². The lowest BCUT2D eigenvalue weighted by Gasteiger charge is -2.32. The second-order valence-corrected chi connectivity index (χ2v) is 4.76. The Morgan fingerprint density at radius 3 is 2.31 bits per heavy atom. The lowest BCUT2D eigenvalue weighted by Crippen LogP contribution is -2.45. The van der Waals surface area contributed by atoms with Gasteiger partial charge >= 0.3 is 0 Å². The first-order valence-corrected chi connectivity index (χ1v) is 5.38. The molecule has 0 unspecified atom stereocenters. The first-order chi connectivity index (χ1) is 6.18. The van der Waals surface area contributed by atoms with Crippen molar-refractivity contribution in [2.24, 2.45) is 5.73 Å². The molecule has 13 heavy (non-hydrogen) atoms. The molecule has 2 fully saturated rings. The van der Waals surface area contributed by atoms with Crippen LogP contribution in [0.4, 0.5) is 0 Å². The van der Waals surface area contributed by atoms with Gasteiger partial charge in [-0.15, -0.1) is 0 Å². The zero-order valence-corrected chi connectivity index (χ0v) is 8.63. The molecule has 76 valence electrons. The lowest BCUT2D eigenvalue weighted by atomic mass is 10.2. The molecule has 2 rings (SSSR count). The molecule has 0 amide bonds. The molecule has 0 spiro atoms. The maximum Gasteiger partial charge on any atom is 0.0167 e. The van der Waals surface area contributed by atoms with E-state index < -0.39 is 0 Å². The number of piperazine rings is 1. The predicted molar refractivity (Wildman–Crippen MR) is 54.7 cm³/mol. The Balaban J connectivity index is 1.65. The van der Waals surface area contributed by atoms with E-state index >= 15 is 0 Å². The van der Waals surface area contributed by atoms with E-state index in [1.54, 1.807) is 0 Å². The Morgan fingerprint density at radius 1 is 1.15 bits per heavy atom. The van der Waals surface area contributed by atoms with E-state index in [0.717, 1.165) is 0 Å². The van der Waals surface area contributed by atoms with Gasteiger partial charge in [0, 0.05) is 31.7 Å². The summed E-state index contributed by atoms with van der Waals surface area (Å²) >= 11 is 0. The summed E-state index contributed by atoms with van der Waals surface area (Å²) in [5.74, 6) is 0. The summed E-state index contributed by atoms with van der Waals surface area (Å²) < 4.78 is 0. The second-order valence-electron chi connectivity index (χ2n) is 4.76. The van der Waals surface area contributed by atoms with Crippen LogP contribution >= 0.6 is 0 Å². The third-order valence-corrected chi connectivity index (χ3v) is 3.41. The molecular weight excluding hydrogens is 162 g/mol. The van der Waals surface area contributed by atoms with Gasteiger partial charge in [0.25, 0.3) is 0 Å². The van der Waals surface area contributed by atoms with Crippen molar-refractivity contribution >= 4 is 0 Å². The van der Waals surface area contributed by atoms with E-state index in [1.165, 1.54) is 52.0 Å². The Morgan fingerprint density at radius 2 is 1.77 bits per heavy atom.